The van der Waals surface area contributed by atoms with Crippen LogP contribution in [-0.4, -0.2) is 60.7 Å². The van der Waals surface area contributed by atoms with E-state index < -0.39 is 73.9 Å². The molecule has 4 rings (SSSR count). The molecule has 0 radical (unpaired) electrons. The molecule has 1 aliphatic carbocycles. The van der Waals surface area contributed by atoms with Crippen molar-refractivity contribution in [3.63, 3.8) is 0 Å². The van der Waals surface area contributed by atoms with Crippen molar-refractivity contribution < 1.29 is 50.5 Å². The average molecular weight is 726 g/mol. The lowest BCUT2D eigenvalue weighted by Crippen LogP contribution is -2.42. The van der Waals surface area contributed by atoms with Crippen LogP contribution in [0.15, 0.2) is 42.6 Å². The van der Waals surface area contributed by atoms with E-state index in [4.69, 9.17) is 13.9 Å². The predicted octanol–water partition coefficient (Wildman–Crippen LogP) is 8.42. The quantitative estimate of drug-likeness (QED) is 0.124. The van der Waals surface area contributed by atoms with Gasteiger partial charge in [0.2, 0.25) is 0 Å². The number of nitrogens with zero attached hydrogens (tertiary/aromatic N) is 3. The minimum absolute atomic E-state index is 0.0134. The molecule has 0 bridgehead atoms. The fourth-order valence-corrected chi connectivity index (χ4v) is 9.64. The van der Waals surface area contributed by atoms with Crippen LogP contribution in [0, 0.1) is 17.6 Å². The smallest absolute Gasteiger partial charge is 0.433 e. The molecule has 1 amide bonds. The minimum atomic E-state index is -5.02. The van der Waals surface area contributed by atoms with E-state index in [0.29, 0.717) is 41.3 Å². The first-order chi connectivity index (χ1) is 23.7. The highest BCUT2D eigenvalue weighted by atomic mass is 28.4. The summed E-state index contributed by atoms with van der Waals surface area (Å²) in [6.07, 6.45) is -4.55. The third-order valence-corrected chi connectivity index (χ3v) is 14.4. The average Bonchev–Trinajstić information content (AvgIpc) is 3.55. The number of hydrogen-bond acceptors (Lipinski definition) is 6. The molecule has 1 aliphatic rings. The van der Waals surface area contributed by atoms with Gasteiger partial charge in [0.25, 0.3) is 5.91 Å². The number of carboxylic acids is 1. The molecule has 0 saturated heterocycles. The van der Waals surface area contributed by atoms with Gasteiger partial charge in [0.15, 0.2) is 14.0 Å². The molecular formula is C35H44F5N3O6Si. The molecular weight excluding hydrogens is 681 g/mol. The van der Waals surface area contributed by atoms with Crippen molar-refractivity contribution in [3.8, 4) is 11.5 Å². The highest BCUT2D eigenvalue weighted by molar-refractivity contribution is 6.73. The number of carbonyl (C=O) groups is 2. The Balaban J connectivity index is 1.87. The zero-order valence-electron chi connectivity index (χ0n) is 28.9. The fraction of sp³-hybridized carbons (Fsp3) is 0.514. The van der Waals surface area contributed by atoms with Gasteiger partial charge in [-0.3, -0.25) is 14.3 Å². The van der Waals surface area contributed by atoms with Crippen LogP contribution in [0.1, 0.15) is 85.8 Å². The van der Waals surface area contributed by atoms with Crippen LogP contribution in [-0.2, 0) is 21.9 Å². The molecule has 1 unspecified atom stereocenters. The van der Waals surface area contributed by atoms with E-state index in [0.717, 1.165) is 27.9 Å². The molecule has 2 aromatic carbocycles. The Morgan fingerprint density at radius 2 is 1.54 bits per heavy atom. The molecule has 3 aromatic rings. The van der Waals surface area contributed by atoms with E-state index in [1.54, 1.807) is 18.2 Å². The number of carbonyl (C=O) groups excluding carboxylic acids is 1. The standard InChI is InChI=1S/C35H44F5N3O6Si/c1-6-50(7-2,8-3)49-30(31-28(47-4)10-9-11-29(31)48-5)21-42(20-22-16-24(36)18-25(37)17-22)33(44)27-19-41-43(32(27)35(38,39)40)26-14-12-23(13-15-26)34(45)46/h9-11,16-19,23,26,30H,6-8,12-15,20-21H2,1-5H3,(H,45,46)/t23-,26-,30?. The molecule has 9 nitrogen and oxygen atoms in total. The number of methoxy groups -OCH3 is 2. The van der Waals surface area contributed by atoms with Crippen LogP contribution in [0.25, 0.3) is 0 Å². The second-order valence-electron chi connectivity index (χ2n) is 12.6. The molecule has 1 fully saturated rings. The summed E-state index contributed by atoms with van der Waals surface area (Å²) in [7, 11) is 0.395. The summed E-state index contributed by atoms with van der Waals surface area (Å²) in [5, 5.41) is 13.4. The molecule has 1 atom stereocenters. The number of ether oxygens (including phenoxy) is 2. The van der Waals surface area contributed by atoms with Crippen molar-refractivity contribution in [1.29, 1.82) is 0 Å². The number of alkyl halides is 3. The van der Waals surface area contributed by atoms with Gasteiger partial charge in [-0.1, -0.05) is 26.8 Å². The zero-order chi connectivity index (χ0) is 36.8. The molecule has 15 heteroatoms. The maximum Gasteiger partial charge on any atom is 0.433 e. The normalized spacial score (nSPS) is 17.3. The van der Waals surface area contributed by atoms with Gasteiger partial charge in [-0.2, -0.15) is 18.3 Å². The van der Waals surface area contributed by atoms with Gasteiger partial charge in [0.1, 0.15) is 23.1 Å². The lowest BCUT2D eigenvalue weighted by atomic mass is 9.86. The zero-order valence-corrected chi connectivity index (χ0v) is 29.9. The number of rotatable bonds is 15. The second-order valence-corrected chi connectivity index (χ2v) is 17.3. The largest absolute Gasteiger partial charge is 0.496 e. The van der Waals surface area contributed by atoms with E-state index >= 15 is 0 Å². The number of halogens is 5. The van der Waals surface area contributed by atoms with E-state index in [9.17, 15) is 36.6 Å². The summed E-state index contributed by atoms with van der Waals surface area (Å²) in [6.45, 7) is 5.22. The van der Waals surface area contributed by atoms with Crippen molar-refractivity contribution in [2.45, 2.75) is 89.5 Å². The van der Waals surface area contributed by atoms with Crippen LogP contribution >= 0.6 is 0 Å². The molecule has 1 N–H and O–H groups in total. The van der Waals surface area contributed by atoms with E-state index in [-0.39, 0.29) is 37.8 Å². The summed E-state index contributed by atoms with van der Waals surface area (Å²) >= 11 is 0. The van der Waals surface area contributed by atoms with Gasteiger partial charge in [-0.05, 0) is 73.6 Å². The molecule has 1 saturated carbocycles. The van der Waals surface area contributed by atoms with Crippen LogP contribution in [0.3, 0.4) is 0 Å². The molecule has 1 aromatic heterocycles. The van der Waals surface area contributed by atoms with Gasteiger partial charge in [-0.15, -0.1) is 0 Å². The van der Waals surface area contributed by atoms with Gasteiger partial charge in [0, 0.05) is 12.6 Å². The Kier molecular flexibility index (Phi) is 12.7. The third kappa shape index (κ3) is 8.65. The Hall–Kier alpha value is -3.98. The second kappa shape index (κ2) is 16.4. The number of aromatic nitrogens is 2. The molecule has 0 aliphatic heterocycles. The van der Waals surface area contributed by atoms with E-state index in [1.807, 2.05) is 20.8 Å². The van der Waals surface area contributed by atoms with Crippen molar-refractivity contribution >= 4 is 20.2 Å². The Morgan fingerprint density at radius 1 is 0.980 bits per heavy atom. The highest BCUT2D eigenvalue weighted by Crippen LogP contribution is 2.42. The number of carboxylic acid groups (broad SMARTS) is 1. The number of benzene rings is 2. The van der Waals surface area contributed by atoms with E-state index in [2.05, 4.69) is 5.10 Å². The summed E-state index contributed by atoms with van der Waals surface area (Å²) in [5.74, 6) is -3.86. The lowest BCUT2D eigenvalue weighted by molar-refractivity contribution is -0.147. The first kappa shape index (κ1) is 38.8. The maximum atomic E-state index is 14.9. The number of hydrogen-bond donors (Lipinski definition) is 1. The molecule has 274 valence electrons. The first-order valence-corrected chi connectivity index (χ1v) is 19.2. The third-order valence-electron chi connectivity index (χ3n) is 9.77. The van der Waals surface area contributed by atoms with Crippen molar-refractivity contribution in [2.75, 3.05) is 20.8 Å². The SMILES string of the molecule is CC[Si](CC)(CC)OC(CN(Cc1cc(F)cc(F)c1)C(=O)c1cnn([C@H]2CC[C@H](C(=O)O)CC2)c1C(F)(F)F)c1c(OC)cccc1OC. The summed E-state index contributed by atoms with van der Waals surface area (Å²) in [4.78, 5) is 27.0. The van der Waals surface area contributed by atoms with E-state index in [1.165, 1.54) is 14.2 Å². The molecule has 0 spiro atoms. The van der Waals surface area contributed by atoms with Gasteiger partial charge < -0.3 is 23.9 Å². The summed E-state index contributed by atoms with van der Waals surface area (Å²) in [6, 6.07) is 9.08. The van der Waals surface area contributed by atoms with Gasteiger partial charge in [0.05, 0.1) is 56.2 Å². The summed E-state index contributed by atoms with van der Waals surface area (Å²) in [5.41, 5.74) is -1.57. The van der Waals surface area contributed by atoms with Crippen LogP contribution < -0.4 is 9.47 Å². The van der Waals surface area contributed by atoms with Gasteiger partial charge in [-0.25, -0.2) is 8.78 Å². The highest BCUT2D eigenvalue weighted by Gasteiger charge is 2.44. The van der Waals surface area contributed by atoms with Crippen LogP contribution in [0.2, 0.25) is 18.1 Å². The van der Waals surface area contributed by atoms with Crippen molar-refractivity contribution in [2.24, 2.45) is 5.92 Å². The predicted molar refractivity (Wildman–Crippen MR) is 178 cm³/mol. The Bertz CT molecular complexity index is 1590. The number of aliphatic carboxylic acids is 1. The van der Waals surface area contributed by atoms with Crippen LogP contribution in [0.5, 0.6) is 11.5 Å². The van der Waals surface area contributed by atoms with Crippen LogP contribution in [0.4, 0.5) is 22.0 Å². The summed E-state index contributed by atoms with van der Waals surface area (Å²) < 4.78 is 92.4. The fourth-order valence-electron chi connectivity index (χ4n) is 6.84. The Labute approximate surface area is 289 Å². The monoisotopic (exact) mass is 725 g/mol. The topological polar surface area (TPSA) is 103 Å². The van der Waals surface area contributed by atoms with Crippen molar-refractivity contribution in [3.05, 3.63) is 76.6 Å². The van der Waals surface area contributed by atoms with Gasteiger partial charge >= 0.3 is 12.1 Å². The molecule has 1 heterocycles. The maximum absolute atomic E-state index is 14.9. The minimum Gasteiger partial charge on any atom is -0.496 e. The Morgan fingerprint density at radius 3 is 2.02 bits per heavy atom. The number of amides is 1. The van der Waals surface area contributed by atoms with Crippen molar-refractivity contribution in [1.82, 2.24) is 14.7 Å². The lowest BCUT2D eigenvalue weighted by Gasteiger charge is -2.37. The molecule has 50 heavy (non-hydrogen) atoms. The first-order valence-electron chi connectivity index (χ1n) is 16.7.